The molecule has 23 heavy (non-hydrogen) atoms. The van der Waals surface area contributed by atoms with Crippen LogP contribution in [0.15, 0.2) is 12.2 Å². The average molecular weight is 352 g/mol. The van der Waals surface area contributed by atoms with Gasteiger partial charge in [-0.3, -0.25) is 9.32 Å². The molecule has 0 saturated carbocycles. The van der Waals surface area contributed by atoms with Crippen molar-refractivity contribution in [2.24, 2.45) is 5.92 Å². The fourth-order valence-corrected chi connectivity index (χ4v) is 2.23. The number of aliphatic hydroxyl groups is 1. The molecule has 0 bridgehead atoms. The van der Waals surface area contributed by atoms with Crippen molar-refractivity contribution >= 4 is 13.8 Å². The fraction of sp³-hybridized carbons (Fsp3) is 0.800. The maximum absolute atomic E-state index is 11.5. The number of rotatable bonds is 13. The Bertz CT molecular complexity index is 391. The van der Waals surface area contributed by atoms with Crippen LogP contribution in [0.2, 0.25) is 0 Å². The van der Waals surface area contributed by atoms with Crippen LogP contribution in [0.3, 0.4) is 0 Å². The number of aliphatic hydroxyl groups excluding tert-OH is 1. The van der Waals surface area contributed by atoms with E-state index in [4.69, 9.17) is 14.5 Å². The molecule has 8 heteroatoms. The average Bonchev–Trinajstić information content (AvgIpc) is 2.46. The first-order chi connectivity index (χ1) is 10.7. The number of esters is 1. The van der Waals surface area contributed by atoms with Crippen LogP contribution in [-0.4, -0.2) is 40.2 Å². The Labute approximate surface area is 137 Å². The summed E-state index contributed by atoms with van der Waals surface area (Å²) >= 11 is 0. The Balaban J connectivity index is 3.76. The maximum atomic E-state index is 11.5. The predicted octanol–water partition coefficient (Wildman–Crippen LogP) is 2.55. The molecule has 0 heterocycles. The molecular weight excluding hydrogens is 323 g/mol. The van der Waals surface area contributed by atoms with Gasteiger partial charge < -0.3 is 19.6 Å². The highest BCUT2D eigenvalue weighted by molar-refractivity contribution is 7.46. The number of allylic oxidation sites excluding steroid dienone is 1. The summed E-state index contributed by atoms with van der Waals surface area (Å²) in [5.41, 5.74) is 0. The molecule has 0 aliphatic heterocycles. The highest BCUT2D eigenvalue weighted by Gasteiger charge is 2.17. The third kappa shape index (κ3) is 15.9. The van der Waals surface area contributed by atoms with Gasteiger partial charge in [0.2, 0.25) is 0 Å². The van der Waals surface area contributed by atoms with Crippen molar-refractivity contribution in [2.45, 2.75) is 58.5 Å². The monoisotopic (exact) mass is 352 g/mol. The van der Waals surface area contributed by atoms with Crippen molar-refractivity contribution in [3.05, 3.63) is 12.2 Å². The highest BCUT2D eigenvalue weighted by Crippen LogP contribution is 2.35. The van der Waals surface area contributed by atoms with Gasteiger partial charge in [-0.1, -0.05) is 51.7 Å². The molecule has 0 saturated heterocycles. The largest absolute Gasteiger partial charge is 0.469 e. The van der Waals surface area contributed by atoms with Crippen molar-refractivity contribution in [1.82, 2.24) is 0 Å². The zero-order valence-electron chi connectivity index (χ0n) is 13.9. The number of phosphoric ester groups is 1. The first-order valence-electron chi connectivity index (χ1n) is 7.95. The lowest BCUT2D eigenvalue weighted by atomic mass is 10.0. The molecule has 0 spiro atoms. The van der Waals surface area contributed by atoms with Crippen LogP contribution in [0.1, 0.15) is 52.4 Å². The zero-order chi connectivity index (χ0) is 17.7. The van der Waals surface area contributed by atoms with Crippen LogP contribution in [0, 0.1) is 5.92 Å². The van der Waals surface area contributed by atoms with E-state index in [0.717, 1.165) is 6.42 Å². The second kappa shape index (κ2) is 12.7. The summed E-state index contributed by atoms with van der Waals surface area (Å²) in [6.07, 6.45) is 8.49. The first kappa shape index (κ1) is 22.3. The third-order valence-corrected chi connectivity index (χ3v) is 3.62. The van der Waals surface area contributed by atoms with Gasteiger partial charge in [-0.25, -0.2) is 4.57 Å². The Morgan fingerprint density at radius 3 is 2.52 bits per heavy atom. The van der Waals surface area contributed by atoms with Crippen LogP contribution in [0.25, 0.3) is 0 Å². The van der Waals surface area contributed by atoms with E-state index >= 15 is 0 Å². The van der Waals surface area contributed by atoms with E-state index < -0.39 is 26.5 Å². The molecule has 0 aromatic carbocycles. The summed E-state index contributed by atoms with van der Waals surface area (Å²) in [5, 5.41) is 9.35. The molecule has 0 aliphatic rings. The number of hydrogen-bond acceptors (Lipinski definition) is 5. The first-order valence-corrected chi connectivity index (χ1v) is 9.48. The van der Waals surface area contributed by atoms with Gasteiger partial charge in [0, 0.05) is 0 Å². The van der Waals surface area contributed by atoms with E-state index in [2.05, 4.69) is 18.4 Å². The van der Waals surface area contributed by atoms with Gasteiger partial charge in [0.1, 0.15) is 12.7 Å². The molecule has 0 aromatic rings. The van der Waals surface area contributed by atoms with Gasteiger partial charge in [0.05, 0.1) is 13.0 Å². The van der Waals surface area contributed by atoms with Crippen molar-refractivity contribution in [3.63, 3.8) is 0 Å². The fourth-order valence-electron chi connectivity index (χ4n) is 1.87. The molecule has 7 nitrogen and oxygen atoms in total. The number of carbonyl (C=O) groups is 1. The van der Waals surface area contributed by atoms with Gasteiger partial charge in [-0.2, -0.15) is 0 Å². The number of hydrogen-bond donors (Lipinski definition) is 3. The van der Waals surface area contributed by atoms with Crippen LogP contribution in [0.4, 0.5) is 0 Å². The normalized spacial score (nSPS) is 14.8. The molecule has 1 unspecified atom stereocenters. The predicted molar refractivity (Wildman–Crippen MR) is 86.6 cm³/mol. The van der Waals surface area contributed by atoms with Crippen LogP contribution in [-0.2, 0) is 18.6 Å². The Morgan fingerprint density at radius 2 is 1.91 bits per heavy atom. The van der Waals surface area contributed by atoms with E-state index in [1.807, 2.05) is 6.08 Å². The quantitative estimate of drug-likeness (QED) is 0.202. The summed E-state index contributed by atoms with van der Waals surface area (Å²) < 4.78 is 19.3. The molecule has 0 amide bonds. The van der Waals surface area contributed by atoms with Gasteiger partial charge in [0.15, 0.2) is 0 Å². The Morgan fingerprint density at radius 1 is 1.22 bits per heavy atom. The second-order valence-corrected chi connectivity index (χ2v) is 6.82. The second-order valence-electron chi connectivity index (χ2n) is 5.58. The summed E-state index contributed by atoms with van der Waals surface area (Å²) in [4.78, 5) is 28.4. The molecule has 0 aromatic heterocycles. The summed E-state index contributed by atoms with van der Waals surface area (Å²) in [5.74, 6) is -0.100. The summed E-state index contributed by atoms with van der Waals surface area (Å²) in [7, 11) is -4.62. The molecule has 0 fully saturated rings. The Kier molecular flexibility index (Phi) is 12.3. The van der Waals surface area contributed by atoms with Crippen LogP contribution in [0.5, 0.6) is 0 Å². The number of ether oxygens (including phenoxy) is 1. The molecule has 0 aliphatic carbocycles. The van der Waals surface area contributed by atoms with Crippen molar-refractivity contribution in [3.8, 4) is 0 Å². The third-order valence-electron chi connectivity index (χ3n) is 3.13. The molecule has 3 N–H and O–H groups in total. The highest BCUT2D eigenvalue weighted by atomic mass is 31.2. The molecule has 0 rings (SSSR count). The minimum atomic E-state index is -4.62. The SMILES string of the molecule is CCCCCCC(C)/C=C\CC(=O)OC[C@H](O)COP(=O)(O)O. The van der Waals surface area contributed by atoms with Crippen molar-refractivity contribution in [1.29, 1.82) is 0 Å². The standard InChI is InChI=1S/C15H29O7P/c1-3-4-5-6-8-13(2)9-7-10-15(17)21-11-14(16)12-22-23(18,19)20/h7,9,13-14,16H,3-6,8,10-12H2,1-2H3,(H2,18,19,20)/b9-7-/t13?,14-/m0/s1. The minimum Gasteiger partial charge on any atom is -0.463 e. The summed E-state index contributed by atoms with van der Waals surface area (Å²) in [6, 6.07) is 0. The maximum Gasteiger partial charge on any atom is 0.469 e. The smallest absolute Gasteiger partial charge is 0.463 e. The van der Waals surface area contributed by atoms with Crippen molar-refractivity contribution < 1.29 is 33.5 Å². The zero-order valence-corrected chi connectivity index (χ0v) is 14.8. The topological polar surface area (TPSA) is 113 Å². The molecule has 0 radical (unpaired) electrons. The van der Waals surface area contributed by atoms with E-state index in [9.17, 15) is 14.5 Å². The van der Waals surface area contributed by atoms with E-state index in [1.54, 1.807) is 6.08 Å². The van der Waals surface area contributed by atoms with E-state index in [1.165, 1.54) is 25.7 Å². The van der Waals surface area contributed by atoms with Gasteiger partial charge in [-0.15, -0.1) is 0 Å². The van der Waals surface area contributed by atoms with Gasteiger partial charge >= 0.3 is 13.8 Å². The van der Waals surface area contributed by atoms with E-state index in [0.29, 0.717) is 5.92 Å². The minimum absolute atomic E-state index is 0.103. The lowest BCUT2D eigenvalue weighted by Gasteiger charge is -2.11. The van der Waals surface area contributed by atoms with Crippen molar-refractivity contribution in [2.75, 3.05) is 13.2 Å². The number of phosphoric acid groups is 1. The lowest BCUT2D eigenvalue weighted by Crippen LogP contribution is -2.23. The van der Waals surface area contributed by atoms with Gasteiger partial charge in [0.25, 0.3) is 0 Å². The Hall–Kier alpha value is -0.720. The number of unbranched alkanes of at least 4 members (excludes halogenated alkanes) is 3. The number of carbonyl (C=O) groups excluding carboxylic acids is 1. The molecule has 2 atom stereocenters. The molecular formula is C15H29O7P. The van der Waals surface area contributed by atoms with Crippen LogP contribution < -0.4 is 0 Å². The van der Waals surface area contributed by atoms with Gasteiger partial charge in [-0.05, 0) is 12.3 Å². The summed E-state index contributed by atoms with van der Waals surface area (Å²) in [6.45, 7) is 3.31. The van der Waals surface area contributed by atoms with Crippen LogP contribution >= 0.6 is 7.82 Å². The molecule has 136 valence electrons. The lowest BCUT2D eigenvalue weighted by molar-refractivity contribution is -0.146. The van der Waals surface area contributed by atoms with E-state index in [-0.39, 0.29) is 13.0 Å².